The van der Waals surface area contributed by atoms with Gasteiger partial charge in [0, 0.05) is 13.1 Å². The molecule has 0 unspecified atom stereocenters. The van der Waals surface area contributed by atoms with Gasteiger partial charge in [-0.3, -0.25) is 15.1 Å². The van der Waals surface area contributed by atoms with E-state index in [9.17, 15) is 4.79 Å². The molecule has 0 spiro atoms. The summed E-state index contributed by atoms with van der Waals surface area (Å²) in [5, 5.41) is 0. The Kier molecular flexibility index (Phi) is 6.05. The highest BCUT2D eigenvalue weighted by Gasteiger charge is 2.14. The smallest absolute Gasteiger partial charge is 0.268 e. The Hall–Kier alpha value is -1.33. The first kappa shape index (κ1) is 15.7. The van der Waals surface area contributed by atoms with E-state index in [0.717, 1.165) is 18.8 Å². The number of nitrogens with one attached hydrogen (secondary N) is 1. The van der Waals surface area contributed by atoms with Crippen molar-refractivity contribution in [3.05, 3.63) is 23.7 Å². The molecule has 0 aliphatic carbocycles. The topological polar surface area (TPSA) is 71.5 Å². The molecule has 0 radical (unpaired) electrons. The van der Waals surface area contributed by atoms with Gasteiger partial charge in [0.05, 0.1) is 12.1 Å². The maximum Gasteiger partial charge on any atom is 0.268 e. The number of rotatable bonds is 7. The van der Waals surface area contributed by atoms with Crippen molar-refractivity contribution in [2.24, 2.45) is 17.7 Å². The summed E-state index contributed by atoms with van der Waals surface area (Å²) >= 11 is 0. The van der Waals surface area contributed by atoms with Crippen molar-refractivity contribution in [3.63, 3.8) is 0 Å². The van der Waals surface area contributed by atoms with Crippen molar-refractivity contribution in [2.75, 3.05) is 13.1 Å². The van der Waals surface area contributed by atoms with Gasteiger partial charge in [-0.1, -0.05) is 27.7 Å². The molecular weight excluding hydrogens is 242 g/mol. The van der Waals surface area contributed by atoms with Crippen LogP contribution in [0.2, 0.25) is 0 Å². The molecule has 0 aliphatic rings. The number of carbonyl (C=O) groups excluding carboxylic acids is 1. The fourth-order valence-electron chi connectivity index (χ4n) is 2.12. The molecule has 0 saturated carbocycles. The first-order valence-corrected chi connectivity index (χ1v) is 6.73. The highest BCUT2D eigenvalue weighted by atomic mass is 16.3. The number of hydrogen-bond donors (Lipinski definition) is 2. The number of nitrogen functional groups attached to an aromatic ring is 1. The Morgan fingerprint density at radius 3 is 2.37 bits per heavy atom. The third-order valence-corrected chi connectivity index (χ3v) is 2.67. The number of hydrogen-bond acceptors (Lipinski definition) is 4. The van der Waals surface area contributed by atoms with Gasteiger partial charge >= 0.3 is 0 Å². The van der Waals surface area contributed by atoms with Crippen LogP contribution in [0, 0.1) is 11.8 Å². The quantitative estimate of drug-likeness (QED) is 0.450. The summed E-state index contributed by atoms with van der Waals surface area (Å²) < 4.78 is 5.42. The van der Waals surface area contributed by atoms with Crippen molar-refractivity contribution in [3.8, 4) is 0 Å². The van der Waals surface area contributed by atoms with E-state index in [1.54, 1.807) is 6.07 Å². The predicted octanol–water partition coefficient (Wildman–Crippen LogP) is 2.00. The van der Waals surface area contributed by atoms with Crippen LogP contribution in [-0.4, -0.2) is 23.9 Å². The maximum absolute atomic E-state index is 11.4. The molecule has 1 heterocycles. The normalized spacial score (nSPS) is 11.6. The lowest BCUT2D eigenvalue weighted by molar-refractivity contribution is 0.0953. The minimum absolute atomic E-state index is 0.325. The van der Waals surface area contributed by atoms with E-state index in [2.05, 4.69) is 38.0 Å². The molecule has 0 atom stereocenters. The molecule has 0 fully saturated rings. The second kappa shape index (κ2) is 7.31. The van der Waals surface area contributed by atoms with E-state index in [0.29, 0.717) is 23.9 Å². The number of furan rings is 1. The van der Waals surface area contributed by atoms with Gasteiger partial charge in [0.15, 0.2) is 0 Å². The van der Waals surface area contributed by atoms with Crippen molar-refractivity contribution in [1.29, 1.82) is 0 Å². The molecule has 1 rings (SSSR count). The molecule has 108 valence electrons. The first-order chi connectivity index (χ1) is 8.92. The van der Waals surface area contributed by atoms with E-state index in [1.165, 1.54) is 6.26 Å². The van der Waals surface area contributed by atoms with Crippen molar-refractivity contribution < 1.29 is 9.21 Å². The minimum atomic E-state index is -0.325. The highest BCUT2D eigenvalue weighted by Crippen LogP contribution is 2.13. The average Bonchev–Trinajstić information content (AvgIpc) is 2.74. The van der Waals surface area contributed by atoms with Crippen molar-refractivity contribution >= 4 is 5.91 Å². The lowest BCUT2D eigenvalue weighted by Crippen LogP contribution is -2.31. The van der Waals surface area contributed by atoms with E-state index in [4.69, 9.17) is 10.3 Å². The Labute approximate surface area is 115 Å². The Morgan fingerprint density at radius 1 is 1.32 bits per heavy atom. The summed E-state index contributed by atoms with van der Waals surface area (Å²) in [6.45, 7) is 11.5. The Bertz CT molecular complexity index is 389. The molecule has 1 aromatic heterocycles. The molecule has 19 heavy (non-hydrogen) atoms. The molecule has 1 amide bonds. The van der Waals surface area contributed by atoms with Crippen LogP contribution >= 0.6 is 0 Å². The Morgan fingerprint density at radius 2 is 1.89 bits per heavy atom. The van der Waals surface area contributed by atoms with Crippen LogP contribution in [0.15, 0.2) is 16.7 Å². The van der Waals surface area contributed by atoms with Crippen LogP contribution in [0.25, 0.3) is 0 Å². The molecule has 0 aliphatic heterocycles. The summed E-state index contributed by atoms with van der Waals surface area (Å²) in [6, 6.07) is 1.75. The number of amides is 1. The van der Waals surface area contributed by atoms with E-state index in [1.807, 2.05) is 0 Å². The molecule has 5 heteroatoms. The van der Waals surface area contributed by atoms with Crippen LogP contribution in [0.5, 0.6) is 0 Å². The van der Waals surface area contributed by atoms with Crippen LogP contribution in [0.4, 0.5) is 0 Å². The monoisotopic (exact) mass is 267 g/mol. The zero-order valence-corrected chi connectivity index (χ0v) is 12.3. The molecule has 3 N–H and O–H groups in total. The van der Waals surface area contributed by atoms with Crippen molar-refractivity contribution in [2.45, 2.75) is 34.2 Å². The predicted molar refractivity (Wildman–Crippen MR) is 75.3 cm³/mol. The van der Waals surface area contributed by atoms with Gasteiger partial charge in [-0.15, -0.1) is 0 Å². The average molecular weight is 267 g/mol. The van der Waals surface area contributed by atoms with Gasteiger partial charge < -0.3 is 4.42 Å². The zero-order valence-electron chi connectivity index (χ0n) is 12.3. The minimum Gasteiger partial charge on any atom is -0.467 e. The number of carbonyl (C=O) groups is 1. The van der Waals surface area contributed by atoms with Gasteiger partial charge in [-0.2, -0.15) is 0 Å². The summed E-state index contributed by atoms with van der Waals surface area (Å²) in [5.41, 5.74) is 2.56. The second-order valence-corrected chi connectivity index (χ2v) is 5.76. The summed E-state index contributed by atoms with van der Waals surface area (Å²) in [4.78, 5) is 13.7. The lowest BCUT2D eigenvalue weighted by atomic mass is 10.1. The lowest BCUT2D eigenvalue weighted by Gasteiger charge is -2.24. The molecule has 0 aromatic carbocycles. The van der Waals surface area contributed by atoms with Gasteiger partial charge in [0.2, 0.25) is 0 Å². The largest absolute Gasteiger partial charge is 0.467 e. The number of hydrazine groups is 1. The number of nitrogens with zero attached hydrogens (tertiary/aromatic N) is 1. The van der Waals surface area contributed by atoms with Gasteiger partial charge in [0.1, 0.15) is 12.0 Å². The Balaban J connectivity index is 2.67. The van der Waals surface area contributed by atoms with Crippen LogP contribution in [0.3, 0.4) is 0 Å². The maximum atomic E-state index is 11.4. The molecule has 1 aromatic rings. The molecule has 0 bridgehead atoms. The summed E-state index contributed by atoms with van der Waals surface area (Å²) in [6.07, 6.45) is 1.44. The van der Waals surface area contributed by atoms with E-state index >= 15 is 0 Å². The highest BCUT2D eigenvalue weighted by molar-refractivity contribution is 5.93. The van der Waals surface area contributed by atoms with Crippen LogP contribution < -0.4 is 11.3 Å². The molecule has 5 nitrogen and oxygen atoms in total. The van der Waals surface area contributed by atoms with Crippen molar-refractivity contribution in [1.82, 2.24) is 10.3 Å². The van der Waals surface area contributed by atoms with Gasteiger partial charge in [-0.05, 0) is 17.9 Å². The zero-order chi connectivity index (χ0) is 14.4. The third-order valence-electron chi connectivity index (χ3n) is 2.67. The fourth-order valence-corrected chi connectivity index (χ4v) is 2.12. The summed E-state index contributed by atoms with van der Waals surface area (Å²) in [7, 11) is 0. The van der Waals surface area contributed by atoms with Crippen LogP contribution in [0.1, 0.15) is 43.8 Å². The standard InChI is InChI=1S/C14H25N3O2/c1-10(2)6-17(7-11(3)4)8-13-5-12(9-19-13)14(18)16-15/h5,9-11H,6-8,15H2,1-4H3,(H,16,18). The van der Waals surface area contributed by atoms with Gasteiger partial charge in [0.25, 0.3) is 5.91 Å². The first-order valence-electron chi connectivity index (χ1n) is 6.73. The second-order valence-electron chi connectivity index (χ2n) is 5.76. The third kappa shape index (κ3) is 5.44. The number of nitrogens with two attached hydrogens (primary N) is 1. The van der Waals surface area contributed by atoms with Crippen LogP contribution in [-0.2, 0) is 6.54 Å². The van der Waals surface area contributed by atoms with E-state index < -0.39 is 0 Å². The molecule has 0 saturated heterocycles. The van der Waals surface area contributed by atoms with Gasteiger partial charge in [-0.25, -0.2) is 5.84 Å². The SMILES string of the molecule is CC(C)CN(Cc1cc(C(=O)NN)co1)CC(C)C. The fraction of sp³-hybridized carbons (Fsp3) is 0.643. The molecular formula is C14H25N3O2. The summed E-state index contributed by atoms with van der Waals surface area (Å²) in [5.74, 6) is 6.76. The van der Waals surface area contributed by atoms with E-state index in [-0.39, 0.29) is 5.91 Å².